The smallest absolute Gasteiger partial charge is 0.258 e. The quantitative estimate of drug-likeness (QED) is 0.780. The van der Waals surface area contributed by atoms with E-state index in [1.165, 1.54) is 32.1 Å². The number of benzene rings is 1. The first-order valence-corrected chi connectivity index (χ1v) is 7.15. The molecule has 1 fully saturated rings. The summed E-state index contributed by atoms with van der Waals surface area (Å²) in [4.78, 5) is 16.8. The summed E-state index contributed by atoms with van der Waals surface area (Å²) in [6.45, 7) is 0.582. The number of rotatable bonds is 3. The molecule has 0 bridgehead atoms. The van der Waals surface area contributed by atoms with Crippen molar-refractivity contribution < 1.29 is 9.53 Å². The van der Waals surface area contributed by atoms with Crippen molar-refractivity contribution in [3.63, 3.8) is 0 Å². The van der Waals surface area contributed by atoms with Gasteiger partial charge in [-0.1, -0.05) is 49.6 Å². The molecule has 0 aromatic heterocycles. The average Bonchev–Trinajstić information content (AvgIpc) is 2.98. The van der Waals surface area contributed by atoms with Gasteiger partial charge in [-0.3, -0.25) is 4.79 Å². The van der Waals surface area contributed by atoms with Gasteiger partial charge in [-0.25, -0.2) is 4.99 Å². The zero-order chi connectivity index (χ0) is 13.1. The van der Waals surface area contributed by atoms with Gasteiger partial charge in [0.2, 0.25) is 5.78 Å². The first-order chi connectivity index (χ1) is 9.34. The molecule has 0 N–H and O–H groups in total. The van der Waals surface area contributed by atoms with E-state index in [0.29, 0.717) is 24.0 Å². The van der Waals surface area contributed by atoms with Crippen LogP contribution in [0, 0.1) is 5.92 Å². The number of carbonyl (C=O) groups is 1. The maximum absolute atomic E-state index is 12.2. The Bertz CT molecular complexity index is 475. The molecule has 1 saturated carbocycles. The molecule has 1 heterocycles. The molecule has 0 amide bonds. The lowest BCUT2D eigenvalue weighted by molar-refractivity contribution is 0.103. The van der Waals surface area contributed by atoms with Gasteiger partial charge in [0.25, 0.3) is 5.90 Å². The van der Waals surface area contributed by atoms with Crippen LogP contribution in [0.4, 0.5) is 0 Å². The van der Waals surface area contributed by atoms with Crippen LogP contribution in [0.3, 0.4) is 0 Å². The van der Waals surface area contributed by atoms with E-state index in [4.69, 9.17) is 4.74 Å². The van der Waals surface area contributed by atoms with Gasteiger partial charge in [0.05, 0.1) is 6.04 Å². The topological polar surface area (TPSA) is 38.7 Å². The molecule has 0 unspecified atom stereocenters. The van der Waals surface area contributed by atoms with E-state index in [0.717, 1.165) is 0 Å². The van der Waals surface area contributed by atoms with E-state index < -0.39 is 0 Å². The summed E-state index contributed by atoms with van der Waals surface area (Å²) >= 11 is 0. The van der Waals surface area contributed by atoms with Crippen molar-refractivity contribution in [2.24, 2.45) is 10.9 Å². The summed E-state index contributed by atoms with van der Waals surface area (Å²) in [5, 5.41) is 0. The third-order valence-electron chi connectivity index (χ3n) is 4.10. The van der Waals surface area contributed by atoms with Gasteiger partial charge in [-0.15, -0.1) is 0 Å². The SMILES string of the molecule is O=C(C1=N[C@H](C2CCCCC2)CO1)c1ccccc1. The van der Waals surface area contributed by atoms with Crippen LogP contribution in [0.25, 0.3) is 0 Å². The molecule has 1 aliphatic heterocycles. The van der Waals surface area contributed by atoms with E-state index in [-0.39, 0.29) is 11.8 Å². The second-order valence-electron chi connectivity index (χ2n) is 5.41. The van der Waals surface area contributed by atoms with Gasteiger partial charge in [-0.05, 0) is 18.8 Å². The standard InChI is InChI=1S/C16H19NO2/c18-15(13-9-5-2-6-10-13)16-17-14(11-19-16)12-7-3-1-4-8-12/h2,5-6,9-10,12,14H,1,3-4,7-8,11H2/t14-/m0/s1. The molecule has 100 valence electrons. The highest BCUT2D eigenvalue weighted by molar-refractivity contribution is 6.43. The number of aliphatic imine (C=N–C) groups is 1. The van der Waals surface area contributed by atoms with Crippen LogP contribution in [-0.2, 0) is 4.74 Å². The second-order valence-corrected chi connectivity index (χ2v) is 5.41. The summed E-state index contributed by atoms with van der Waals surface area (Å²) in [7, 11) is 0. The Balaban J connectivity index is 1.70. The monoisotopic (exact) mass is 257 g/mol. The molecule has 0 spiro atoms. The van der Waals surface area contributed by atoms with Crippen molar-refractivity contribution >= 4 is 11.7 Å². The number of hydrogen-bond donors (Lipinski definition) is 0. The third-order valence-corrected chi connectivity index (χ3v) is 4.10. The first-order valence-electron chi connectivity index (χ1n) is 7.15. The van der Waals surface area contributed by atoms with Crippen LogP contribution >= 0.6 is 0 Å². The fourth-order valence-corrected chi connectivity index (χ4v) is 2.99. The van der Waals surface area contributed by atoms with Crippen molar-refractivity contribution in [3.05, 3.63) is 35.9 Å². The minimum absolute atomic E-state index is 0.0843. The highest BCUT2D eigenvalue weighted by Gasteiger charge is 2.31. The van der Waals surface area contributed by atoms with E-state index in [9.17, 15) is 4.79 Å². The first kappa shape index (κ1) is 12.4. The van der Waals surface area contributed by atoms with Crippen LogP contribution in [0.1, 0.15) is 42.5 Å². The lowest BCUT2D eigenvalue weighted by Gasteiger charge is -2.24. The van der Waals surface area contributed by atoms with Crippen LogP contribution in [0.5, 0.6) is 0 Å². The van der Waals surface area contributed by atoms with Crippen molar-refractivity contribution in [3.8, 4) is 0 Å². The van der Waals surface area contributed by atoms with Crippen molar-refractivity contribution in [2.45, 2.75) is 38.1 Å². The molecule has 3 rings (SSSR count). The number of ketones is 1. The molecule has 0 saturated heterocycles. The lowest BCUT2D eigenvalue weighted by atomic mass is 9.84. The minimum atomic E-state index is -0.0843. The Morgan fingerprint density at radius 3 is 2.58 bits per heavy atom. The van der Waals surface area contributed by atoms with Crippen LogP contribution < -0.4 is 0 Å². The van der Waals surface area contributed by atoms with Gasteiger partial charge in [0, 0.05) is 5.56 Å². The molecular formula is C16H19NO2. The fourth-order valence-electron chi connectivity index (χ4n) is 2.99. The predicted molar refractivity (Wildman–Crippen MR) is 74.5 cm³/mol. The van der Waals surface area contributed by atoms with Crippen LogP contribution in [-0.4, -0.2) is 24.3 Å². The molecule has 19 heavy (non-hydrogen) atoms. The zero-order valence-corrected chi connectivity index (χ0v) is 11.0. The third kappa shape index (κ3) is 2.70. The Kier molecular flexibility index (Phi) is 3.62. The Hall–Kier alpha value is -1.64. The number of carbonyl (C=O) groups excluding carboxylic acids is 1. The van der Waals surface area contributed by atoms with Crippen LogP contribution in [0.2, 0.25) is 0 Å². The molecule has 1 aromatic carbocycles. The lowest BCUT2D eigenvalue weighted by Crippen LogP contribution is -2.22. The van der Waals surface area contributed by atoms with E-state index in [1.807, 2.05) is 30.3 Å². The predicted octanol–water partition coefficient (Wildman–Crippen LogP) is 3.25. The van der Waals surface area contributed by atoms with E-state index in [2.05, 4.69) is 4.99 Å². The summed E-state index contributed by atoms with van der Waals surface area (Å²) in [5.74, 6) is 0.829. The van der Waals surface area contributed by atoms with Gasteiger partial charge < -0.3 is 4.74 Å². The highest BCUT2D eigenvalue weighted by atomic mass is 16.5. The maximum atomic E-state index is 12.2. The number of Topliss-reactive ketones (excluding diaryl/α,β-unsaturated/α-hetero) is 1. The second kappa shape index (κ2) is 5.55. The normalized spacial score (nSPS) is 23.8. The highest BCUT2D eigenvalue weighted by Crippen LogP contribution is 2.30. The Morgan fingerprint density at radius 2 is 1.84 bits per heavy atom. The van der Waals surface area contributed by atoms with Gasteiger partial charge in [0.15, 0.2) is 0 Å². The van der Waals surface area contributed by atoms with Gasteiger partial charge in [0.1, 0.15) is 6.61 Å². The van der Waals surface area contributed by atoms with E-state index >= 15 is 0 Å². The largest absolute Gasteiger partial charge is 0.473 e. The minimum Gasteiger partial charge on any atom is -0.473 e. The summed E-state index contributed by atoms with van der Waals surface area (Å²) in [6, 6.07) is 9.44. The number of hydrogen-bond acceptors (Lipinski definition) is 3. The summed E-state index contributed by atoms with van der Waals surface area (Å²) in [5.41, 5.74) is 0.658. The van der Waals surface area contributed by atoms with Crippen molar-refractivity contribution in [1.29, 1.82) is 0 Å². The maximum Gasteiger partial charge on any atom is 0.258 e. The summed E-state index contributed by atoms with van der Waals surface area (Å²) < 4.78 is 5.54. The molecule has 3 heteroatoms. The number of ether oxygens (including phenoxy) is 1. The molecular weight excluding hydrogens is 238 g/mol. The number of nitrogens with zero attached hydrogens (tertiary/aromatic N) is 1. The molecule has 0 radical (unpaired) electrons. The molecule has 3 nitrogen and oxygen atoms in total. The molecule has 2 aliphatic rings. The average molecular weight is 257 g/mol. The van der Waals surface area contributed by atoms with E-state index in [1.54, 1.807) is 0 Å². The Morgan fingerprint density at radius 1 is 1.11 bits per heavy atom. The summed E-state index contributed by atoms with van der Waals surface area (Å²) in [6.07, 6.45) is 6.37. The van der Waals surface area contributed by atoms with Crippen molar-refractivity contribution in [2.75, 3.05) is 6.61 Å². The molecule has 1 atom stereocenters. The van der Waals surface area contributed by atoms with Crippen molar-refractivity contribution in [1.82, 2.24) is 0 Å². The van der Waals surface area contributed by atoms with Crippen LogP contribution in [0.15, 0.2) is 35.3 Å². The fraction of sp³-hybridized carbons (Fsp3) is 0.500. The molecule has 1 aromatic rings. The Labute approximate surface area is 113 Å². The zero-order valence-electron chi connectivity index (χ0n) is 11.0. The van der Waals surface area contributed by atoms with Gasteiger partial charge in [-0.2, -0.15) is 0 Å². The molecule has 1 aliphatic carbocycles. The van der Waals surface area contributed by atoms with Gasteiger partial charge >= 0.3 is 0 Å².